The van der Waals surface area contributed by atoms with E-state index in [0.29, 0.717) is 22.8 Å². The molecule has 0 fully saturated rings. The molecule has 0 aliphatic rings. The minimum Gasteiger partial charge on any atom is -0.327 e. The minimum atomic E-state index is 0.299. The van der Waals surface area contributed by atoms with Crippen LogP contribution in [0.1, 0.15) is 87.5 Å². The molecule has 2 N–H and O–H groups in total. The van der Waals surface area contributed by atoms with Gasteiger partial charge in [0.2, 0.25) is 0 Å². The lowest BCUT2D eigenvalue weighted by Gasteiger charge is -2.33. The van der Waals surface area contributed by atoms with Crippen LogP contribution in [0.2, 0.25) is 0 Å². The van der Waals surface area contributed by atoms with Gasteiger partial charge >= 0.3 is 0 Å². The Balaban J connectivity index is 4.38. The predicted molar refractivity (Wildman–Crippen MR) is 92.9 cm³/mol. The van der Waals surface area contributed by atoms with Crippen LogP contribution in [-0.4, -0.2) is 6.04 Å². The monoisotopic (exact) mass is 281 g/mol. The van der Waals surface area contributed by atoms with E-state index in [2.05, 4.69) is 61.5 Å². The second-order valence-corrected chi connectivity index (χ2v) is 8.52. The van der Waals surface area contributed by atoms with Crippen molar-refractivity contribution in [3.05, 3.63) is 11.6 Å². The highest BCUT2D eigenvalue weighted by atomic mass is 14.6. The summed E-state index contributed by atoms with van der Waals surface area (Å²) in [6.07, 6.45) is 8.40. The van der Waals surface area contributed by atoms with Crippen LogP contribution in [-0.2, 0) is 0 Å². The third-order valence-electron chi connectivity index (χ3n) is 4.47. The molecule has 1 heteroatoms. The molecule has 0 bridgehead atoms. The number of hydrogen-bond acceptors (Lipinski definition) is 1. The molecule has 1 unspecified atom stereocenters. The molecule has 0 spiro atoms. The average molecular weight is 282 g/mol. The van der Waals surface area contributed by atoms with E-state index >= 15 is 0 Å². The van der Waals surface area contributed by atoms with Crippen LogP contribution < -0.4 is 5.73 Å². The molecule has 0 radical (unpaired) electrons. The van der Waals surface area contributed by atoms with Crippen molar-refractivity contribution in [1.82, 2.24) is 0 Å². The third-order valence-corrected chi connectivity index (χ3v) is 4.47. The summed E-state index contributed by atoms with van der Waals surface area (Å²) in [7, 11) is 0. The quantitative estimate of drug-likeness (QED) is 0.547. The van der Waals surface area contributed by atoms with Crippen molar-refractivity contribution in [3.63, 3.8) is 0 Å². The smallest absolute Gasteiger partial charge is 0.00645 e. The fraction of sp³-hybridized carbons (Fsp3) is 0.895. The van der Waals surface area contributed by atoms with Crippen LogP contribution in [0.25, 0.3) is 0 Å². The second kappa shape index (κ2) is 8.22. The van der Waals surface area contributed by atoms with Crippen molar-refractivity contribution in [1.29, 1.82) is 0 Å². The lowest BCUT2D eigenvalue weighted by molar-refractivity contribution is 0.249. The van der Waals surface area contributed by atoms with Crippen molar-refractivity contribution in [3.8, 4) is 0 Å². The third kappa shape index (κ3) is 8.09. The van der Waals surface area contributed by atoms with Gasteiger partial charge in [0, 0.05) is 6.04 Å². The summed E-state index contributed by atoms with van der Waals surface area (Å²) in [6, 6.07) is 0.372. The van der Waals surface area contributed by atoms with Crippen LogP contribution in [0.5, 0.6) is 0 Å². The summed E-state index contributed by atoms with van der Waals surface area (Å²) in [5, 5.41) is 0. The Morgan fingerprint density at radius 2 is 1.65 bits per heavy atom. The Hall–Kier alpha value is -0.300. The fourth-order valence-corrected chi connectivity index (χ4v) is 3.14. The molecule has 2 atom stereocenters. The van der Waals surface area contributed by atoms with Crippen LogP contribution >= 0.6 is 0 Å². The van der Waals surface area contributed by atoms with Crippen molar-refractivity contribution in [2.24, 2.45) is 22.5 Å². The standard InChI is InChI=1S/C19H39N/c1-9-11-17(20)15(2)12-10-13-16(3)19(7,8)14-18(4,5)6/h13,15,17H,9-12,14,20H2,1-8H3/b16-13+/t15?,17-/m1/s1. The van der Waals surface area contributed by atoms with Crippen LogP contribution in [0, 0.1) is 16.7 Å². The molecule has 1 nitrogen and oxygen atoms in total. The van der Waals surface area contributed by atoms with Crippen LogP contribution in [0.3, 0.4) is 0 Å². The van der Waals surface area contributed by atoms with Gasteiger partial charge in [0.1, 0.15) is 0 Å². The molecule has 0 aromatic heterocycles. The maximum atomic E-state index is 6.19. The molecule has 0 aromatic rings. The molecule has 0 heterocycles. The zero-order chi connectivity index (χ0) is 16.0. The van der Waals surface area contributed by atoms with Gasteiger partial charge in [-0.05, 0) is 49.4 Å². The van der Waals surface area contributed by atoms with Gasteiger partial charge < -0.3 is 5.73 Å². The summed E-state index contributed by atoms with van der Waals surface area (Å²) in [6.45, 7) is 18.5. The molecule has 0 saturated carbocycles. The first-order valence-corrected chi connectivity index (χ1v) is 8.42. The lowest BCUT2D eigenvalue weighted by Crippen LogP contribution is -2.27. The van der Waals surface area contributed by atoms with Gasteiger partial charge in [0.25, 0.3) is 0 Å². The molecule has 0 rings (SSSR count). The molecule has 0 amide bonds. The average Bonchev–Trinajstić information content (AvgIpc) is 2.25. The van der Waals surface area contributed by atoms with Gasteiger partial charge in [-0.15, -0.1) is 0 Å². The molecule has 0 aliphatic heterocycles. The molecular formula is C19H39N. The van der Waals surface area contributed by atoms with Crippen molar-refractivity contribution < 1.29 is 0 Å². The highest BCUT2D eigenvalue weighted by Crippen LogP contribution is 2.38. The van der Waals surface area contributed by atoms with E-state index in [4.69, 9.17) is 5.73 Å². The van der Waals surface area contributed by atoms with E-state index in [9.17, 15) is 0 Å². The topological polar surface area (TPSA) is 26.0 Å². The van der Waals surface area contributed by atoms with Crippen molar-refractivity contribution >= 4 is 0 Å². The number of nitrogens with two attached hydrogens (primary N) is 1. The van der Waals surface area contributed by atoms with Crippen molar-refractivity contribution in [2.75, 3.05) is 0 Å². The summed E-state index contributed by atoms with van der Waals surface area (Å²) in [5.74, 6) is 0.629. The molecule has 0 saturated heterocycles. The minimum absolute atomic E-state index is 0.299. The highest BCUT2D eigenvalue weighted by molar-refractivity contribution is 5.10. The lowest BCUT2D eigenvalue weighted by atomic mass is 9.72. The number of hydrogen-bond donors (Lipinski definition) is 1. The number of allylic oxidation sites excluding steroid dienone is 2. The van der Waals surface area contributed by atoms with Crippen molar-refractivity contribution in [2.45, 2.75) is 93.5 Å². The number of rotatable bonds is 8. The second-order valence-electron chi connectivity index (χ2n) is 8.52. The Bertz CT molecular complexity index is 293. The Labute approximate surface area is 128 Å². The Morgan fingerprint density at radius 1 is 1.10 bits per heavy atom. The Morgan fingerprint density at radius 3 is 2.10 bits per heavy atom. The van der Waals surface area contributed by atoms with E-state index in [-0.39, 0.29) is 0 Å². The maximum absolute atomic E-state index is 6.19. The van der Waals surface area contributed by atoms with Crippen LogP contribution in [0.4, 0.5) is 0 Å². The Kier molecular flexibility index (Phi) is 8.09. The summed E-state index contributed by atoms with van der Waals surface area (Å²) in [5.41, 5.74) is 8.41. The zero-order valence-corrected chi connectivity index (χ0v) is 15.3. The van der Waals surface area contributed by atoms with E-state index in [1.54, 1.807) is 0 Å². The first-order chi connectivity index (χ1) is 8.99. The highest BCUT2D eigenvalue weighted by Gasteiger charge is 2.26. The van der Waals surface area contributed by atoms with Crippen LogP contribution in [0.15, 0.2) is 11.6 Å². The van der Waals surface area contributed by atoms with Gasteiger partial charge in [-0.25, -0.2) is 0 Å². The van der Waals surface area contributed by atoms with E-state index in [1.807, 2.05) is 0 Å². The summed E-state index contributed by atoms with van der Waals surface area (Å²) >= 11 is 0. The molecule has 0 aliphatic carbocycles. The summed E-state index contributed by atoms with van der Waals surface area (Å²) in [4.78, 5) is 0. The molecular weight excluding hydrogens is 242 g/mol. The van der Waals surface area contributed by atoms with Gasteiger partial charge in [-0.2, -0.15) is 0 Å². The van der Waals surface area contributed by atoms with E-state index in [0.717, 1.165) is 12.8 Å². The van der Waals surface area contributed by atoms with E-state index in [1.165, 1.54) is 24.8 Å². The van der Waals surface area contributed by atoms with Gasteiger partial charge in [0.05, 0.1) is 0 Å². The largest absolute Gasteiger partial charge is 0.327 e. The van der Waals surface area contributed by atoms with E-state index < -0.39 is 0 Å². The maximum Gasteiger partial charge on any atom is 0.00645 e. The first-order valence-electron chi connectivity index (χ1n) is 8.42. The van der Waals surface area contributed by atoms with Gasteiger partial charge in [-0.3, -0.25) is 0 Å². The normalized spacial score (nSPS) is 17.1. The fourth-order valence-electron chi connectivity index (χ4n) is 3.14. The summed E-state index contributed by atoms with van der Waals surface area (Å²) < 4.78 is 0. The first kappa shape index (κ1) is 19.7. The van der Waals surface area contributed by atoms with Gasteiger partial charge in [0.15, 0.2) is 0 Å². The predicted octanol–water partition coefficient (Wildman–Crippen LogP) is 5.94. The molecule has 20 heavy (non-hydrogen) atoms. The SMILES string of the molecule is CCC[C@@H](N)C(C)CC/C=C(\C)C(C)(C)CC(C)(C)C. The van der Waals surface area contributed by atoms with Gasteiger partial charge in [-0.1, -0.05) is 66.5 Å². The molecule has 0 aromatic carbocycles. The molecule has 120 valence electrons. The zero-order valence-electron chi connectivity index (χ0n) is 15.3.